The minimum atomic E-state index is -0.497. The van der Waals surface area contributed by atoms with Gasteiger partial charge in [0, 0.05) is 12.2 Å². The molecule has 2 N–H and O–H groups in total. The third-order valence-corrected chi connectivity index (χ3v) is 6.23. The summed E-state index contributed by atoms with van der Waals surface area (Å²) in [6.45, 7) is 5.10. The molecule has 1 aliphatic heterocycles. The lowest BCUT2D eigenvalue weighted by Gasteiger charge is -2.15. The van der Waals surface area contributed by atoms with E-state index >= 15 is 0 Å². The molecule has 0 spiro atoms. The van der Waals surface area contributed by atoms with Gasteiger partial charge in [-0.3, -0.25) is 14.3 Å². The van der Waals surface area contributed by atoms with Crippen molar-refractivity contribution in [2.24, 2.45) is 0 Å². The molecule has 1 atom stereocenters. The maximum absolute atomic E-state index is 13.0. The number of aromatic hydroxyl groups is 1. The highest BCUT2D eigenvalue weighted by Crippen LogP contribution is 2.31. The minimum Gasteiger partial charge on any atom is -0.507 e. The van der Waals surface area contributed by atoms with E-state index in [0.29, 0.717) is 30.1 Å². The second kappa shape index (κ2) is 8.37. The molecule has 0 bridgehead atoms. The van der Waals surface area contributed by atoms with Crippen LogP contribution in [0.25, 0.3) is 22.6 Å². The van der Waals surface area contributed by atoms with Gasteiger partial charge in [0.05, 0.1) is 19.2 Å². The van der Waals surface area contributed by atoms with Gasteiger partial charge in [-0.2, -0.15) is 0 Å². The molecule has 8 heteroatoms. The van der Waals surface area contributed by atoms with Gasteiger partial charge in [0.1, 0.15) is 11.6 Å². The fourth-order valence-corrected chi connectivity index (χ4v) is 4.56. The lowest BCUT2D eigenvalue weighted by molar-refractivity contribution is 0.0982. The average Bonchev–Trinajstić information content (AvgIpc) is 3.44. The van der Waals surface area contributed by atoms with E-state index in [9.17, 15) is 14.7 Å². The van der Waals surface area contributed by atoms with E-state index < -0.39 is 11.2 Å². The van der Waals surface area contributed by atoms with Crippen LogP contribution in [0, 0.1) is 13.8 Å². The highest BCUT2D eigenvalue weighted by atomic mass is 16.5. The number of fused-ring (bicyclic) bond motifs is 1. The number of nitrogens with one attached hydrogen (secondary N) is 1. The van der Waals surface area contributed by atoms with Crippen molar-refractivity contribution in [2.45, 2.75) is 45.9 Å². The smallest absolute Gasteiger partial charge is 0.330 e. The van der Waals surface area contributed by atoms with Gasteiger partial charge in [-0.1, -0.05) is 30.3 Å². The number of benzene rings is 2. The molecule has 4 aromatic rings. The zero-order chi connectivity index (χ0) is 23.1. The molecule has 2 aromatic carbocycles. The number of rotatable bonds is 5. The monoisotopic (exact) mass is 446 g/mol. The lowest BCUT2D eigenvalue weighted by Crippen LogP contribution is -2.32. The molecule has 0 unspecified atom stereocenters. The van der Waals surface area contributed by atoms with Crippen molar-refractivity contribution in [3.63, 3.8) is 0 Å². The van der Waals surface area contributed by atoms with Crippen molar-refractivity contribution in [3.8, 4) is 17.1 Å². The maximum atomic E-state index is 13.0. The summed E-state index contributed by atoms with van der Waals surface area (Å²) < 4.78 is 9.21. The van der Waals surface area contributed by atoms with Gasteiger partial charge < -0.3 is 14.4 Å². The van der Waals surface area contributed by atoms with E-state index in [2.05, 4.69) is 4.98 Å². The van der Waals surface area contributed by atoms with Crippen molar-refractivity contribution in [2.75, 3.05) is 6.61 Å². The highest BCUT2D eigenvalue weighted by molar-refractivity contribution is 5.77. The maximum Gasteiger partial charge on any atom is 0.330 e. The van der Waals surface area contributed by atoms with Crippen LogP contribution in [0.2, 0.25) is 0 Å². The summed E-state index contributed by atoms with van der Waals surface area (Å²) in [5.74, 6) is 0.809. The second-order valence-corrected chi connectivity index (χ2v) is 8.64. The highest BCUT2D eigenvalue weighted by Gasteiger charge is 2.24. The van der Waals surface area contributed by atoms with Gasteiger partial charge in [-0.15, -0.1) is 0 Å². The SMILES string of the molecule is Cc1cc(-c2nc3c(c(=O)[nH]c(=O)n3Cc3ccccc3)n2C[C@H]2CCCO2)cc(C)c1O. The number of hydrogen-bond donors (Lipinski definition) is 2. The Labute approximate surface area is 190 Å². The first-order chi connectivity index (χ1) is 15.9. The van der Waals surface area contributed by atoms with Crippen LogP contribution in [0.1, 0.15) is 29.5 Å². The van der Waals surface area contributed by atoms with Crippen LogP contribution in [0.5, 0.6) is 5.75 Å². The third kappa shape index (κ3) is 3.87. The Morgan fingerprint density at radius 3 is 2.52 bits per heavy atom. The number of aryl methyl sites for hydroxylation is 2. The third-order valence-electron chi connectivity index (χ3n) is 6.23. The number of imidazole rings is 1. The largest absolute Gasteiger partial charge is 0.507 e. The van der Waals surface area contributed by atoms with E-state index in [1.165, 1.54) is 4.57 Å². The molecule has 0 saturated carbocycles. The Morgan fingerprint density at radius 1 is 1.12 bits per heavy atom. The van der Waals surface area contributed by atoms with Crippen LogP contribution >= 0.6 is 0 Å². The summed E-state index contributed by atoms with van der Waals surface area (Å²) in [4.78, 5) is 33.1. The Hall–Kier alpha value is -3.65. The number of aromatic amines is 1. The van der Waals surface area contributed by atoms with Crippen LogP contribution in [0.4, 0.5) is 0 Å². The first-order valence-electron chi connectivity index (χ1n) is 11.1. The molecule has 1 fully saturated rings. The fourth-order valence-electron chi connectivity index (χ4n) is 4.56. The van der Waals surface area contributed by atoms with Gasteiger partial charge in [-0.25, -0.2) is 9.78 Å². The molecule has 5 rings (SSSR count). The second-order valence-electron chi connectivity index (χ2n) is 8.64. The van der Waals surface area contributed by atoms with Gasteiger partial charge in [0.15, 0.2) is 11.2 Å². The van der Waals surface area contributed by atoms with Crippen LogP contribution < -0.4 is 11.2 Å². The van der Waals surface area contributed by atoms with Crippen molar-refractivity contribution in [1.29, 1.82) is 0 Å². The Morgan fingerprint density at radius 2 is 1.85 bits per heavy atom. The Balaban J connectivity index is 1.76. The number of nitrogens with zero attached hydrogens (tertiary/aromatic N) is 3. The van der Waals surface area contributed by atoms with E-state index in [1.54, 1.807) is 0 Å². The first kappa shape index (κ1) is 21.2. The van der Waals surface area contributed by atoms with Gasteiger partial charge in [0.2, 0.25) is 0 Å². The number of H-pyrrole nitrogens is 1. The standard InChI is InChI=1S/C25H26N4O4/c1-15-11-18(12-16(2)21(15)30)22-26-23-20(28(22)14-19-9-6-10-33-19)24(31)27-25(32)29(23)13-17-7-4-3-5-8-17/h3-5,7-8,11-12,19,30H,6,9-10,13-14H2,1-2H3,(H,27,31,32)/t19-/m1/s1. The number of phenols is 1. The topological polar surface area (TPSA) is 102 Å². The molecule has 0 aliphatic carbocycles. The van der Waals surface area contributed by atoms with Gasteiger partial charge in [0.25, 0.3) is 5.56 Å². The van der Waals surface area contributed by atoms with Crippen molar-refractivity contribution < 1.29 is 9.84 Å². The number of hydrogen-bond acceptors (Lipinski definition) is 5. The average molecular weight is 447 g/mol. The van der Waals surface area contributed by atoms with Gasteiger partial charge in [-0.05, 0) is 55.5 Å². The summed E-state index contributed by atoms with van der Waals surface area (Å²) >= 11 is 0. The van der Waals surface area contributed by atoms with Crippen LogP contribution in [0.3, 0.4) is 0 Å². The van der Waals surface area contributed by atoms with Crippen LogP contribution in [0.15, 0.2) is 52.1 Å². The quantitative estimate of drug-likeness (QED) is 0.491. The van der Waals surface area contributed by atoms with E-state index in [1.807, 2.05) is 60.9 Å². The molecule has 0 radical (unpaired) electrons. The molecular weight excluding hydrogens is 420 g/mol. The zero-order valence-corrected chi connectivity index (χ0v) is 18.7. The summed E-state index contributed by atoms with van der Waals surface area (Å²) in [7, 11) is 0. The molecule has 1 aliphatic rings. The summed E-state index contributed by atoms with van der Waals surface area (Å²) in [6, 6.07) is 13.3. The van der Waals surface area contributed by atoms with Crippen LogP contribution in [-0.4, -0.2) is 36.9 Å². The van der Waals surface area contributed by atoms with E-state index in [-0.39, 0.29) is 18.4 Å². The molecular formula is C25H26N4O4. The predicted octanol–water partition coefficient (Wildman–Crippen LogP) is 3.10. The summed E-state index contributed by atoms with van der Waals surface area (Å²) in [5, 5.41) is 10.3. The Bertz CT molecular complexity index is 1420. The minimum absolute atomic E-state index is 0.0330. The normalized spacial score (nSPS) is 16.0. The summed E-state index contributed by atoms with van der Waals surface area (Å²) in [6.07, 6.45) is 1.84. The molecule has 3 heterocycles. The van der Waals surface area contributed by atoms with E-state index in [4.69, 9.17) is 9.72 Å². The number of aromatic nitrogens is 4. The fraction of sp³-hybridized carbons (Fsp3) is 0.320. The molecule has 170 valence electrons. The number of ether oxygens (including phenoxy) is 1. The van der Waals surface area contributed by atoms with Gasteiger partial charge >= 0.3 is 5.69 Å². The molecule has 1 saturated heterocycles. The van der Waals surface area contributed by atoms with E-state index in [0.717, 1.165) is 35.1 Å². The van der Waals surface area contributed by atoms with Crippen LogP contribution in [-0.2, 0) is 17.8 Å². The Kier molecular flexibility index (Phi) is 5.38. The first-order valence-corrected chi connectivity index (χ1v) is 11.1. The zero-order valence-electron chi connectivity index (χ0n) is 18.7. The van der Waals surface area contributed by atoms with Crippen molar-refractivity contribution >= 4 is 11.2 Å². The number of phenolic OH excluding ortho intramolecular Hbond substituents is 1. The molecule has 2 aromatic heterocycles. The van der Waals surface area contributed by atoms with Crippen molar-refractivity contribution in [3.05, 3.63) is 80.0 Å². The molecule has 0 amide bonds. The predicted molar refractivity (Wildman–Crippen MR) is 126 cm³/mol. The molecule has 33 heavy (non-hydrogen) atoms. The summed E-state index contributed by atoms with van der Waals surface area (Å²) in [5.41, 5.74) is 2.86. The molecule has 8 nitrogen and oxygen atoms in total. The lowest BCUT2D eigenvalue weighted by atomic mass is 10.1. The van der Waals surface area contributed by atoms with Crippen molar-refractivity contribution in [1.82, 2.24) is 19.1 Å².